The molecule has 2 N–H and O–H groups in total. The highest BCUT2D eigenvalue weighted by molar-refractivity contribution is 6.30. The van der Waals surface area contributed by atoms with Crippen LogP contribution in [0.3, 0.4) is 0 Å². The lowest BCUT2D eigenvalue weighted by Crippen LogP contribution is -2.51. The van der Waals surface area contributed by atoms with E-state index in [9.17, 15) is 22.4 Å². The lowest BCUT2D eigenvalue weighted by molar-refractivity contribution is -0.137. The van der Waals surface area contributed by atoms with Crippen molar-refractivity contribution in [2.24, 2.45) is 0 Å². The van der Waals surface area contributed by atoms with Gasteiger partial charge in [-0.05, 0) is 56.7 Å². The minimum absolute atomic E-state index is 0.108. The van der Waals surface area contributed by atoms with Crippen molar-refractivity contribution in [3.05, 3.63) is 64.2 Å². The Hall–Kier alpha value is -2.35. The van der Waals surface area contributed by atoms with E-state index in [1.54, 1.807) is 13.8 Å². The summed E-state index contributed by atoms with van der Waals surface area (Å²) in [7, 11) is 0. The Morgan fingerprint density at radius 2 is 1.78 bits per heavy atom. The third-order valence-corrected chi connectivity index (χ3v) is 4.05. The zero-order valence-electron chi connectivity index (χ0n) is 14.8. The Morgan fingerprint density at radius 1 is 1.15 bits per heavy atom. The second-order valence-corrected chi connectivity index (χ2v) is 6.90. The molecule has 0 fully saturated rings. The Kier molecular flexibility index (Phi) is 5.99. The van der Waals surface area contributed by atoms with Crippen LogP contribution < -0.4 is 10.6 Å². The number of carbonyl (C=O) groups excluding carboxylic acids is 1. The Labute approximate surface area is 158 Å². The first-order valence-electron chi connectivity index (χ1n) is 8.01. The molecule has 1 heterocycles. The molecule has 2 rings (SSSR count). The number of halogens is 5. The second-order valence-electron chi connectivity index (χ2n) is 6.47. The molecule has 1 aromatic carbocycles. The largest absolute Gasteiger partial charge is 0.416 e. The maximum atomic E-state index is 13.9. The number of amides is 2. The third kappa shape index (κ3) is 5.09. The van der Waals surface area contributed by atoms with Gasteiger partial charge in [0.2, 0.25) is 0 Å². The average molecular weight is 404 g/mol. The van der Waals surface area contributed by atoms with Crippen molar-refractivity contribution >= 4 is 17.6 Å². The molecule has 9 heteroatoms. The number of urea groups is 1. The van der Waals surface area contributed by atoms with Gasteiger partial charge in [-0.15, -0.1) is 0 Å². The zero-order chi connectivity index (χ0) is 20.4. The van der Waals surface area contributed by atoms with Crippen LogP contribution in [0.25, 0.3) is 0 Å². The molecule has 4 nitrogen and oxygen atoms in total. The number of hydrogen-bond acceptors (Lipinski definition) is 2. The fourth-order valence-corrected chi connectivity index (χ4v) is 2.63. The van der Waals surface area contributed by atoms with Gasteiger partial charge in [-0.1, -0.05) is 11.6 Å². The van der Waals surface area contributed by atoms with Gasteiger partial charge in [-0.2, -0.15) is 13.2 Å². The van der Waals surface area contributed by atoms with E-state index < -0.39 is 29.1 Å². The molecule has 1 atom stereocenters. The highest BCUT2D eigenvalue weighted by Gasteiger charge is 2.37. The minimum Gasteiger partial charge on any atom is -0.336 e. The molecule has 0 saturated heterocycles. The van der Waals surface area contributed by atoms with Gasteiger partial charge < -0.3 is 10.6 Å². The van der Waals surface area contributed by atoms with Gasteiger partial charge in [-0.25, -0.2) is 9.18 Å². The number of hydrogen-bond donors (Lipinski definition) is 2. The topological polar surface area (TPSA) is 54.0 Å². The van der Waals surface area contributed by atoms with Gasteiger partial charge in [0.05, 0.1) is 16.3 Å². The summed E-state index contributed by atoms with van der Waals surface area (Å²) >= 11 is 5.82. The summed E-state index contributed by atoms with van der Waals surface area (Å²) in [5.41, 5.74) is -2.61. The van der Waals surface area contributed by atoms with Gasteiger partial charge in [0.15, 0.2) is 0 Å². The molecule has 0 bridgehead atoms. The van der Waals surface area contributed by atoms with Crippen molar-refractivity contribution in [2.75, 3.05) is 0 Å². The SMILES string of the molecule is CC(C)NC(=O)N[C@@](C)(c1cc(F)cc(C(F)(F)F)c1)c1ccc(Cl)cn1. The summed E-state index contributed by atoms with van der Waals surface area (Å²) in [5.74, 6) is -1.08. The Balaban J connectivity index is 2.60. The molecule has 0 unspecified atom stereocenters. The van der Waals surface area contributed by atoms with Crippen molar-refractivity contribution < 1.29 is 22.4 Å². The summed E-state index contributed by atoms with van der Waals surface area (Å²) < 4.78 is 53.3. The predicted octanol–water partition coefficient (Wildman–Crippen LogP) is 4.86. The van der Waals surface area contributed by atoms with Crippen molar-refractivity contribution in [2.45, 2.75) is 38.5 Å². The first-order valence-corrected chi connectivity index (χ1v) is 8.38. The molecule has 0 radical (unpaired) electrons. The van der Waals surface area contributed by atoms with Gasteiger partial charge in [0, 0.05) is 12.2 Å². The van der Waals surface area contributed by atoms with Gasteiger partial charge >= 0.3 is 12.2 Å². The second kappa shape index (κ2) is 7.72. The Morgan fingerprint density at radius 3 is 2.30 bits per heavy atom. The van der Waals surface area contributed by atoms with Crippen LogP contribution in [-0.4, -0.2) is 17.1 Å². The number of alkyl halides is 3. The number of carbonyl (C=O) groups is 1. The molecule has 0 aliphatic rings. The molecule has 2 aromatic rings. The molecule has 2 amide bonds. The predicted molar refractivity (Wildman–Crippen MR) is 93.9 cm³/mol. The maximum absolute atomic E-state index is 13.9. The smallest absolute Gasteiger partial charge is 0.336 e. The molecular weight excluding hydrogens is 386 g/mol. The molecular formula is C18H18ClF4N3O. The van der Waals surface area contributed by atoms with E-state index in [2.05, 4.69) is 15.6 Å². The number of nitrogens with zero attached hydrogens (tertiary/aromatic N) is 1. The van der Waals surface area contributed by atoms with E-state index in [1.165, 1.54) is 25.3 Å². The van der Waals surface area contributed by atoms with Crippen molar-refractivity contribution in [1.82, 2.24) is 15.6 Å². The standard InChI is InChI=1S/C18H18ClF4N3O/c1-10(2)25-16(27)26-17(3,15-5-4-13(19)9-24-15)11-6-12(18(21,22)23)8-14(20)7-11/h4-10H,1-3H3,(H2,25,26,27)/t17-/m0/s1. The molecule has 0 aliphatic carbocycles. The highest BCUT2D eigenvalue weighted by atomic mass is 35.5. The van der Waals surface area contributed by atoms with Gasteiger partial charge in [0.1, 0.15) is 11.4 Å². The number of nitrogens with one attached hydrogen (secondary N) is 2. The van der Waals surface area contributed by atoms with E-state index in [1.807, 2.05) is 0 Å². The molecule has 0 saturated carbocycles. The minimum atomic E-state index is -4.74. The normalized spacial score (nSPS) is 14.0. The van der Waals surface area contributed by atoms with Gasteiger partial charge in [0.25, 0.3) is 0 Å². The van der Waals surface area contributed by atoms with Crippen LogP contribution in [0.5, 0.6) is 0 Å². The summed E-state index contributed by atoms with van der Waals surface area (Å²) in [6.45, 7) is 4.89. The summed E-state index contributed by atoms with van der Waals surface area (Å²) in [6.07, 6.45) is -3.45. The summed E-state index contributed by atoms with van der Waals surface area (Å²) in [5, 5.41) is 5.49. The average Bonchev–Trinajstić information content (AvgIpc) is 2.53. The molecule has 0 aliphatic heterocycles. The van der Waals surface area contributed by atoms with Crippen LogP contribution in [0.1, 0.15) is 37.6 Å². The Bertz CT molecular complexity index is 824. The van der Waals surface area contributed by atoms with Crippen molar-refractivity contribution in [3.63, 3.8) is 0 Å². The monoisotopic (exact) mass is 403 g/mol. The number of rotatable bonds is 4. The van der Waals surface area contributed by atoms with Crippen LogP contribution in [0.15, 0.2) is 36.5 Å². The highest BCUT2D eigenvalue weighted by Crippen LogP contribution is 2.35. The van der Waals surface area contributed by atoms with Crippen LogP contribution in [0.2, 0.25) is 5.02 Å². The maximum Gasteiger partial charge on any atom is 0.416 e. The number of benzene rings is 1. The zero-order valence-corrected chi connectivity index (χ0v) is 15.5. The third-order valence-electron chi connectivity index (χ3n) is 3.83. The number of aromatic nitrogens is 1. The quantitative estimate of drug-likeness (QED) is 0.716. The molecule has 27 heavy (non-hydrogen) atoms. The van der Waals surface area contributed by atoms with Crippen molar-refractivity contribution in [3.8, 4) is 0 Å². The lowest BCUT2D eigenvalue weighted by Gasteiger charge is -2.32. The van der Waals surface area contributed by atoms with E-state index in [0.717, 1.165) is 12.1 Å². The van der Waals surface area contributed by atoms with E-state index in [4.69, 9.17) is 11.6 Å². The van der Waals surface area contributed by atoms with E-state index in [0.29, 0.717) is 11.1 Å². The summed E-state index contributed by atoms with van der Waals surface area (Å²) in [6, 6.07) is 4.20. The molecule has 0 spiro atoms. The van der Waals surface area contributed by atoms with E-state index in [-0.39, 0.29) is 17.3 Å². The molecule has 146 valence electrons. The first-order chi connectivity index (χ1) is 12.4. The first kappa shape index (κ1) is 21.0. The van der Waals surface area contributed by atoms with Crippen LogP contribution >= 0.6 is 11.6 Å². The van der Waals surface area contributed by atoms with Crippen LogP contribution in [0, 0.1) is 5.82 Å². The summed E-state index contributed by atoms with van der Waals surface area (Å²) in [4.78, 5) is 16.4. The van der Waals surface area contributed by atoms with Crippen LogP contribution in [0.4, 0.5) is 22.4 Å². The number of pyridine rings is 1. The fraction of sp³-hybridized carbons (Fsp3) is 0.333. The van der Waals surface area contributed by atoms with Crippen LogP contribution in [-0.2, 0) is 11.7 Å². The lowest BCUT2D eigenvalue weighted by atomic mass is 9.87. The van der Waals surface area contributed by atoms with Crippen molar-refractivity contribution in [1.29, 1.82) is 0 Å². The van der Waals surface area contributed by atoms with E-state index >= 15 is 0 Å². The molecule has 1 aromatic heterocycles. The van der Waals surface area contributed by atoms with Gasteiger partial charge in [-0.3, -0.25) is 4.98 Å². The fourth-order valence-electron chi connectivity index (χ4n) is 2.52.